The molecule has 0 radical (unpaired) electrons. The smallest absolute Gasteiger partial charge is 0.230 e. The highest BCUT2D eigenvalue weighted by Gasteiger charge is 2.09. The number of amides is 1. The molecule has 0 aliphatic carbocycles. The average molecular weight is 448 g/mol. The minimum atomic E-state index is -0.0469. The van der Waals surface area contributed by atoms with Gasteiger partial charge in [-0.15, -0.1) is 10.2 Å². The monoisotopic (exact) mass is 447 g/mol. The Morgan fingerprint density at radius 1 is 1.00 bits per heavy atom. The summed E-state index contributed by atoms with van der Waals surface area (Å²) in [6, 6.07) is 17.5. The Kier molecular flexibility index (Phi) is 8.66. The molecule has 1 amide bonds. The molecule has 152 valence electrons. The van der Waals surface area contributed by atoms with Crippen LogP contribution in [0.1, 0.15) is 5.56 Å². The lowest BCUT2D eigenvalue weighted by Crippen LogP contribution is -2.29. The number of nitrogens with zero attached hydrogens (tertiary/aromatic N) is 2. The third-order valence-electron chi connectivity index (χ3n) is 3.67. The van der Waals surface area contributed by atoms with E-state index in [9.17, 15) is 4.79 Å². The molecule has 2 aromatic carbocycles. The SMILES string of the molecule is COc1ccc(CSc2nnc(SCC(=O)NCCOc3ccccc3)s2)cc1. The van der Waals surface area contributed by atoms with Crippen LogP contribution in [0.5, 0.6) is 11.5 Å². The van der Waals surface area contributed by atoms with Crippen LogP contribution in [0.3, 0.4) is 0 Å². The minimum Gasteiger partial charge on any atom is -0.497 e. The normalized spacial score (nSPS) is 10.5. The number of benzene rings is 2. The number of nitrogens with one attached hydrogen (secondary N) is 1. The first-order chi connectivity index (χ1) is 14.2. The summed E-state index contributed by atoms with van der Waals surface area (Å²) in [4.78, 5) is 12.0. The molecule has 0 saturated carbocycles. The van der Waals surface area contributed by atoms with Crippen LogP contribution in [0.2, 0.25) is 0 Å². The van der Waals surface area contributed by atoms with E-state index in [-0.39, 0.29) is 5.91 Å². The van der Waals surface area contributed by atoms with Crippen LogP contribution in [-0.2, 0) is 10.5 Å². The molecule has 1 N–H and O–H groups in total. The topological polar surface area (TPSA) is 73.3 Å². The van der Waals surface area contributed by atoms with Gasteiger partial charge in [-0.1, -0.05) is 65.2 Å². The zero-order valence-corrected chi connectivity index (χ0v) is 18.3. The standard InChI is InChI=1S/C20H21N3O3S3/c1-25-16-9-7-15(8-10-16)13-27-19-22-23-20(29-19)28-14-18(24)21-11-12-26-17-5-3-2-4-6-17/h2-10H,11-14H2,1H3,(H,21,24). The zero-order chi connectivity index (χ0) is 20.3. The van der Waals surface area contributed by atoms with Gasteiger partial charge >= 0.3 is 0 Å². The average Bonchev–Trinajstić information content (AvgIpc) is 3.23. The Bertz CT molecular complexity index is 889. The highest BCUT2D eigenvalue weighted by molar-refractivity contribution is 8.03. The number of aromatic nitrogens is 2. The van der Waals surface area contributed by atoms with Crippen molar-refractivity contribution in [3.8, 4) is 11.5 Å². The number of hydrogen-bond donors (Lipinski definition) is 1. The number of ether oxygens (including phenoxy) is 2. The molecule has 0 aliphatic heterocycles. The van der Waals surface area contributed by atoms with Gasteiger partial charge in [-0.05, 0) is 29.8 Å². The van der Waals surface area contributed by atoms with Crippen LogP contribution in [0.15, 0.2) is 63.3 Å². The van der Waals surface area contributed by atoms with Crippen molar-refractivity contribution < 1.29 is 14.3 Å². The Labute approximate surface area is 182 Å². The molecule has 0 saturated heterocycles. The number of para-hydroxylation sites is 1. The van der Waals surface area contributed by atoms with Gasteiger partial charge < -0.3 is 14.8 Å². The van der Waals surface area contributed by atoms with Crippen molar-refractivity contribution in [3.63, 3.8) is 0 Å². The second-order valence-corrected chi connectivity index (χ2v) is 9.19. The summed E-state index contributed by atoms with van der Waals surface area (Å²) in [5.41, 5.74) is 1.19. The van der Waals surface area contributed by atoms with Crippen LogP contribution in [0.25, 0.3) is 0 Å². The first kappa shape index (κ1) is 21.5. The van der Waals surface area contributed by atoms with E-state index in [4.69, 9.17) is 9.47 Å². The highest BCUT2D eigenvalue weighted by atomic mass is 32.2. The van der Waals surface area contributed by atoms with E-state index in [1.807, 2.05) is 54.6 Å². The van der Waals surface area contributed by atoms with E-state index >= 15 is 0 Å². The van der Waals surface area contributed by atoms with Crippen molar-refractivity contribution >= 4 is 40.8 Å². The number of thioether (sulfide) groups is 2. The first-order valence-electron chi connectivity index (χ1n) is 8.89. The maximum atomic E-state index is 12.0. The van der Waals surface area contributed by atoms with Crippen molar-refractivity contribution in [2.24, 2.45) is 0 Å². The van der Waals surface area contributed by atoms with E-state index in [0.717, 1.165) is 25.9 Å². The van der Waals surface area contributed by atoms with E-state index in [1.54, 1.807) is 18.9 Å². The zero-order valence-electron chi connectivity index (χ0n) is 15.9. The number of rotatable bonds is 11. The second kappa shape index (κ2) is 11.7. The molecule has 1 aromatic heterocycles. The number of carbonyl (C=O) groups is 1. The molecule has 29 heavy (non-hydrogen) atoms. The quantitative estimate of drug-likeness (QED) is 0.350. The fraction of sp³-hybridized carbons (Fsp3) is 0.250. The summed E-state index contributed by atoms with van der Waals surface area (Å²) in [6.45, 7) is 0.902. The molecule has 6 nitrogen and oxygen atoms in total. The highest BCUT2D eigenvalue weighted by Crippen LogP contribution is 2.30. The predicted molar refractivity (Wildman–Crippen MR) is 118 cm³/mol. The maximum absolute atomic E-state index is 12.0. The molecule has 0 aliphatic rings. The van der Waals surface area contributed by atoms with Gasteiger partial charge in [-0.25, -0.2) is 0 Å². The van der Waals surface area contributed by atoms with Crippen molar-refractivity contribution in [2.75, 3.05) is 26.0 Å². The van der Waals surface area contributed by atoms with Crippen LogP contribution < -0.4 is 14.8 Å². The van der Waals surface area contributed by atoms with Gasteiger partial charge in [-0.3, -0.25) is 4.79 Å². The first-order valence-corrected chi connectivity index (χ1v) is 11.7. The molecule has 0 unspecified atom stereocenters. The second-order valence-electron chi connectivity index (χ2n) is 5.77. The summed E-state index contributed by atoms with van der Waals surface area (Å²) >= 11 is 4.52. The molecular formula is C20H21N3O3S3. The Morgan fingerprint density at radius 3 is 2.45 bits per heavy atom. The molecular weight excluding hydrogens is 426 g/mol. The largest absolute Gasteiger partial charge is 0.497 e. The van der Waals surface area contributed by atoms with Crippen LogP contribution in [0.4, 0.5) is 0 Å². The fourth-order valence-electron chi connectivity index (χ4n) is 2.24. The molecule has 3 aromatic rings. The van der Waals surface area contributed by atoms with Gasteiger partial charge in [0.1, 0.15) is 18.1 Å². The van der Waals surface area contributed by atoms with Gasteiger partial charge in [0.25, 0.3) is 0 Å². The van der Waals surface area contributed by atoms with Crippen LogP contribution >= 0.6 is 34.9 Å². The molecule has 9 heteroatoms. The minimum absolute atomic E-state index is 0.0469. The lowest BCUT2D eigenvalue weighted by molar-refractivity contribution is -0.118. The van der Waals surface area contributed by atoms with Gasteiger partial charge in [-0.2, -0.15) is 0 Å². The lowest BCUT2D eigenvalue weighted by atomic mass is 10.2. The summed E-state index contributed by atoms with van der Waals surface area (Å²) in [5, 5.41) is 11.2. The van der Waals surface area contributed by atoms with Crippen LogP contribution in [0, 0.1) is 0 Å². The number of hydrogen-bond acceptors (Lipinski definition) is 8. The van der Waals surface area contributed by atoms with E-state index in [2.05, 4.69) is 15.5 Å². The molecule has 0 spiro atoms. The van der Waals surface area contributed by atoms with Crippen molar-refractivity contribution in [2.45, 2.75) is 14.4 Å². The predicted octanol–water partition coefficient (Wildman–Crippen LogP) is 4.13. The third-order valence-corrected chi connectivity index (χ3v) is 6.93. The van der Waals surface area contributed by atoms with Gasteiger partial charge in [0.2, 0.25) is 5.91 Å². The molecule has 3 rings (SSSR count). The maximum Gasteiger partial charge on any atom is 0.230 e. The van der Waals surface area contributed by atoms with E-state index in [1.165, 1.54) is 28.7 Å². The molecule has 0 fully saturated rings. The third kappa shape index (κ3) is 7.60. The number of methoxy groups -OCH3 is 1. The van der Waals surface area contributed by atoms with Gasteiger partial charge in [0.05, 0.1) is 19.4 Å². The van der Waals surface area contributed by atoms with Crippen molar-refractivity contribution in [1.82, 2.24) is 15.5 Å². The van der Waals surface area contributed by atoms with Gasteiger partial charge in [0, 0.05) is 5.75 Å². The van der Waals surface area contributed by atoms with Crippen molar-refractivity contribution in [3.05, 3.63) is 60.2 Å². The Morgan fingerprint density at radius 2 is 1.72 bits per heavy atom. The summed E-state index contributed by atoms with van der Waals surface area (Å²) in [6.07, 6.45) is 0. The Hall–Kier alpha value is -2.23. The molecule has 0 atom stereocenters. The molecule has 1 heterocycles. The summed E-state index contributed by atoms with van der Waals surface area (Å²) in [5.74, 6) is 2.71. The van der Waals surface area contributed by atoms with Gasteiger partial charge in [0.15, 0.2) is 8.68 Å². The fourth-order valence-corrected chi connectivity index (χ4v) is 5.04. The lowest BCUT2D eigenvalue weighted by Gasteiger charge is -2.07. The molecule has 0 bridgehead atoms. The van der Waals surface area contributed by atoms with Crippen molar-refractivity contribution in [1.29, 1.82) is 0 Å². The summed E-state index contributed by atoms with van der Waals surface area (Å²) < 4.78 is 12.4. The van der Waals surface area contributed by atoms with E-state index < -0.39 is 0 Å². The Balaban J connectivity index is 1.32. The van der Waals surface area contributed by atoms with E-state index in [0.29, 0.717) is 18.9 Å². The number of carbonyl (C=O) groups excluding carboxylic acids is 1. The summed E-state index contributed by atoms with van der Waals surface area (Å²) in [7, 11) is 1.66. The van der Waals surface area contributed by atoms with Crippen LogP contribution in [-0.4, -0.2) is 42.1 Å².